The maximum Gasteiger partial charge on any atom is 0.201 e. The van der Waals surface area contributed by atoms with Crippen LogP contribution < -0.4 is 0 Å². The van der Waals surface area contributed by atoms with Gasteiger partial charge in [0.1, 0.15) is 5.75 Å². The van der Waals surface area contributed by atoms with E-state index in [1.54, 1.807) is 0 Å². The van der Waals surface area contributed by atoms with Crippen LogP contribution in [0.2, 0.25) is 0 Å². The summed E-state index contributed by atoms with van der Waals surface area (Å²) in [6.45, 7) is 4.38. The van der Waals surface area contributed by atoms with Gasteiger partial charge in [-0.3, -0.25) is 0 Å². The van der Waals surface area contributed by atoms with E-state index in [9.17, 15) is 30.6 Å². The molecule has 0 amide bonds. The first kappa shape index (κ1) is 28.8. The van der Waals surface area contributed by atoms with Gasteiger partial charge in [-0.2, -0.15) is 0 Å². The summed E-state index contributed by atoms with van der Waals surface area (Å²) in [4.78, 5) is 0. The third-order valence-electron chi connectivity index (χ3n) is 8.33. The van der Waals surface area contributed by atoms with Gasteiger partial charge in [-0.05, 0) is 57.0 Å². The van der Waals surface area contributed by atoms with Gasteiger partial charge in [0, 0.05) is 11.6 Å². The normalized spacial score (nSPS) is 13.8. The Morgan fingerprint density at radius 3 is 2.04 bits per heavy atom. The Labute approximate surface area is 268 Å². The second-order valence-corrected chi connectivity index (χ2v) is 12.1. The molecule has 0 saturated carbocycles. The van der Waals surface area contributed by atoms with Crippen LogP contribution in [0.4, 0.5) is 0 Å². The van der Waals surface area contributed by atoms with E-state index in [0.717, 1.165) is 50.8 Å². The number of allylic oxidation sites excluding steroid dienone is 5. The molecule has 0 saturated heterocycles. The highest BCUT2D eigenvalue weighted by atomic mass is 32.1. The largest absolute Gasteiger partial charge is 0.506 e. The van der Waals surface area contributed by atoms with Crippen molar-refractivity contribution in [3.8, 4) is 45.6 Å². The Bertz CT molecular complexity index is 2310. The van der Waals surface area contributed by atoms with E-state index in [1.165, 1.54) is 0 Å². The molecule has 5 aromatic carbocycles. The van der Waals surface area contributed by atoms with E-state index in [1.807, 2.05) is 60.7 Å². The van der Waals surface area contributed by atoms with E-state index in [2.05, 4.69) is 49.1 Å². The standard InChI is InChI=1S/C39H28O6S/c1-21(30-35(43)37(45)36(44)33-32-34(42)28(40)20-29(41)38(32)46-39(30)33)26-17-8-9-18-27(26)31(23-13-6-3-7-14-23)25-16-10-15-24(19-25)22-11-4-2-5-12-22/h2-13,15-20,40-45H,1,14H2/b31-23-. The maximum absolute atomic E-state index is 11.3. The lowest BCUT2D eigenvalue weighted by Crippen LogP contribution is -2.00. The summed E-state index contributed by atoms with van der Waals surface area (Å²) in [5.41, 5.74) is 7.11. The Kier molecular flexibility index (Phi) is 7.03. The first-order valence-corrected chi connectivity index (χ1v) is 15.4. The van der Waals surface area contributed by atoms with Gasteiger partial charge in [-0.15, -0.1) is 11.3 Å². The summed E-state index contributed by atoms with van der Waals surface area (Å²) >= 11 is 0.991. The van der Waals surface area contributed by atoms with Crippen molar-refractivity contribution in [3.05, 3.63) is 144 Å². The van der Waals surface area contributed by atoms with Gasteiger partial charge in [0.2, 0.25) is 5.75 Å². The zero-order valence-corrected chi connectivity index (χ0v) is 25.2. The fourth-order valence-corrected chi connectivity index (χ4v) is 7.45. The molecular weight excluding hydrogens is 596 g/mol. The molecule has 0 aliphatic heterocycles. The first-order chi connectivity index (χ1) is 22.3. The Morgan fingerprint density at radius 1 is 0.609 bits per heavy atom. The average Bonchev–Trinajstić information content (AvgIpc) is 3.49. The van der Waals surface area contributed by atoms with Crippen LogP contribution in [-0.4, -0.2) is 30.6 Å². The third-order valence-corrected chi connectivity index (χ3v) is 9.56. The SMILES string of the molecule is C=C(c1ccccc1/C(=C1/C=CC=CC1)c1cccc(-c2ccccc2)c1)c1c(O)c(O)c(O)c2c1sc1c(O)cc(O)c(O)c12. The number of rotatable bonds is 5. The molecule has 6 aromatic rings. The van der Waals surface area contributed by atoms with Crippen LogP contribution in [0.25, 0.3) is 42.4 Å². The number of fused-ring (bicyclic) bond motifs is 3. The Hall–Kier alpha value is -5.92. The van der Waals surface area contributed by atoms with Crippen molar-refractivity contribution in [2.45, 2.75) is 6.42 Å². The van der Waals surface area contributed by atoms with Crippen molar-refractivity contribution >= 4 is 42.7 Å². The minimum absolute atomic E-state index is 0.0258. The highest BCUT2D eigenvalue weighted by Gasteiger charge is 2.29. The van der Waals surface area contributed by atoms with Gasteiger partial charge in [0.05, 0.1) is 20.2 Å². The molecule has 0 bridgehead atoms. The lowest BCUT2D eigenvalue weighted by molar-refractivity contribution is 0.371. The third kappa shape index (κ3) is 4.57. The molecule has 1 aliphatic rings. The topological polar surface area (TPSA) is 121 Å². The van der Waals surface area contributed by atoms with E-state index in [0.29, 0.717) is 17.6 Å². The molecule has 7 heteroatoms. The zero-order valence-electron chi connectivity index (χ0n) is 24.4. The maximum atomic E-state index is 11.3. The van der Waals surface area contributed by atoms with Crippen molar-refractivity contribution in [2.24, 2.45) is 0 Å². The summed E-state index contributed by atoms with van der Waals surface area (Å²) in [6.07, 6.45) is 8.86. The molecular formula is C39H28O6S. The Balaban J connectivity index is 1.49. The van der Waals surface area contributed by atoms with E-state index in [-0.39, 0.29) is 31.5 Å². The fraction of sp³-hybridized carbons (Fsp3) is 0.0256. The smallest absolute Gasteiger partial charge is 0.201 e. The molecule has 1 heterocycles. The highest BCUT2D eigenvalue weighted by Crippen LogP contribution is 2.57. The van der Waals surface area contributed by atoms with E-state index in [4.69, 9.17) is 0 Å². The quantitative estimate of drug-likeness (QED) is 0.0840. The van der Waals surface area contributed by atoms with Gasteiger partial charge in [0.25, 0.3) is 0 Å². The van der Waals surface area contributed by atoms with Crippen LogP contribution in [0.15, 0.2) is 121 Å². The van der Waals surface area contributed by atoms with Gasteiger partial charge < -0.3 is 30.6 Å². The van der Waals surface area contributed by atoms with Crippen molar-refractivity contribution in [1.29, 1.82) is 0 Å². The molecule has 0 radical (unpaired) electrons. The summed E-state index contributed by atoms with van der Waals surface area (Å²) < 4.78 is 0.423. The van der Waals surface area contributed by atoms with Crippen LogP contribution in [0.5, 0.6) is 34.5 Å². The zero-order chi connectivity index (χ0) is 32.1. The number of hydrogen-bond donors (Lipinski definition) is 6. The number of phenolic OH excluding ortho intramolecular Hbond substituents is 6. The number of thiophene rings is 1. The van der Waals surface area contributed by atoms with Gasteiger partial charge in [-0.1, -0.05) is 104 Å². The molecule has 6 nitrogen and oxygen atoms in total. The van der Waals surface area contributed by atoms with E-state index >= 15 is 0 Å². The van der Waals surface area contributed by atoms with Crippen molar-refractivity contribution in [2.75, 3.05) is 0 Å². The predicted octanol–water partition coefficient (Wildman–Crippen LogP) is 9.33. The summed E-state index contributed by atoms with van der Waals surface area (Å²) in [5, 5.41) is 64.7. The summed E-state index contributed by atoms with van der Waals surface area (Å²) in [5.74, 6) is -3.59. The minimum atomic E-state index is -0.808. The van der Waals surface area contributed by atoms with Crippen LogP contribution in [-0.2, 0) is 0 Å². The number of benzene rings is 5. The van der Waals surface area contributed by atoms with E-state index < -0.39 is 28.7 Å². The van der Waals surface area contributed by atoms with Gasteiger partial charge in [0.15, 0.2) is 23.0 Å². The molecule has 0 unspecified atom stereocenters. The van der Waals surface area contributed by atoms with Crippen LogP contribution in [0, 0.1) is 0 Å². The lowest BCUT2D eigenvalue weighted by atomic mass is 9.83. The van der Waals surface area contributed by atoms with Crippen LogP contribution in [0.1, 0.15) is 28.7 Å². The molecule has 0 fully saturated rings. The van der Waals surface area contributed by atoms with Crippen molar-refractivity contribution in [1.82, 2.24) is 0 Å². The molecule has 1 aliphatic carbocycles. The molecule has 7 rings (SSSR count). The number of aromatic hydroxyl groups is 6. The molecule has 46 heavy (non-hydrogen) atoms. The minimum Gasteiger partial charge on any atom is -0.506 e. The van der Waals surface area contributed by atoms with Crippen LogP contribution >= 0.6 is 11.3 Å². The fourth-order valence-electron chi connectivity index (χ4n) is 6.16. The summed E-state index contributed by atoms with van der Waals surface area (Å²) in [7, 11) is 0. The second-order valence-electron chi connectivity index (χ2n) is 11.1. The molecule has 6 N–H and O–H groups in total. The number of hydrogen-bond acceptors (Lipinski definition) is 7. The van der Waals surface area contributed by atoms with Gasteiger partial charge >= 0.3 is 0 Å². The molecule has 1 aromatic heterocycles. The molecule has 0 atom stereocenters. The predicted molar refractivity (Wildman–Crippen MR) is 185 cm³/mol. The Morgan fingerprint density at radius 2 is 1.30 bits per heavy atom. The lowest BCUT2D eigenvalue weighted by Gasteiger charge is -2.21. The second kappa shape index (κ2) is 11.2. The first-order valence-electron chi connectivity index (χ1n) is 14.5. The number of phenols is 6. The van der Waals surface area contributed by atoms with Crippen molar-refractivity contribution < 1.29 is 30.6 Å². The monoisotopic (exact) mass is 624 g/mol. The molecule has 0 spiro atoms. The van der Waals surface area contributed by atoms with Gasteiger partial charge in [-0.25, -0.2) is 0 Å². The van der Waals surface area contributed by atoms with Crippen LogP contribution in [0.3, 0.4) is 0 Å². The average molecular weight is 625 g/mol. The summed E-state index contributed by atoms with van der Waals surface area (Å²) in [6, 6.07) is 27.1. The van der Waals surface area contributed by atoms with Crippen molar-refractivity contribution in [3.63, 3.8) is 0 Å². The highest BCUT2D eigenvalue weighted by molar-refractivity contribution is 7.26. The molecule has 226 valence electrons.